The van der Waals surface area contributed by atoms with Crippen LogP contribution in [0.1, 0.15) is 16.7 Å². The Morgan fingerprint density at radius 2 is 1.87 bits per heavy atom. The number of rotatable bonds is 9. The molecule has 0 aliphatic carbocycles. The van der Waals surface area contributed by atoms with Gasteiger partial charge in [0.1, 0.15) is 11.3 Å². The Labute approximate surface area is 183 Å². The molecule has 3 rings (SSSR count). The molecule has 1 aromatic heterocycles. The molecule has 0 fully saturated rings. The van der Waals surface area contributed by atoms with Gasteiger partial charge in [0, 0.05) is 28.5 Å². The topological polar surface area (TPSA) is 109 Å². The van der Waals surface area contributed by atoms with Crippen LogP contribution in [0.5, 0.6) is 5.75 Å². The van der Waals surface area contributed by atoms with E-state index in [1.165, 1.54) is 17.8 Å². The van der Waals surface area contributed by atoms with Crippen LogP contribution in [0.25, 0.3) is 11.0 Å². The lowest BCUT2D eigenvalue weighted by atomic mass is 10.1. The number of fused-ring (bicyclic) bond motifs is 1. The van der Waals surface area contributed by atoms with E-state index in [1.807, 2.05) is 37.3 Å². The number of carbonyl (C=O) groups is 2. The summed E-state index contributed by atoms with van der Waals surface area (Å²) in [5, 5.41) is 14.6. The molecule has 0 radical (unpaired) electrons. The first-order valence-corrected chi connectivity index (χ1v) is 10.8. The van der Waals surface area contributed by atoms with Crippen molar-refractivity contribution in [1.82, 2.24) is 5.32 Å². The average molecular weight is 440 g/mol. The summed E-state index contributed by atoms with van der Waals surface area (Å²) in [6.45, 7) is 3.15. The number of carboxylic acids is 1. The Hall–Kier alpha value is -3.26. The second-order valence-electron chi connectivity index (χ2n) is 7.03. The number of benzene rings is 2. The zero-order chi connectivity index (χ0) is 22.4. The smallest absolute Gasteiger partial charge is 0.339 e. The summed E-state index contributed by atoms with van der Waals surface area (Å²) >= 11 is 1.39. The zero-order valence-corrected chi connectivity index (χ0v) is 18.0. The number of aliphatic carboxylic acids is 1. The highest BCUT2D eigenvalue weighted by Gasteiger charge is 2.15. The van der Waals surface area contributed by atoms with Gasteiger partial charge in [0.15, 0.2) is 6.61 Å². The van der Waals surface area contributed by atoms with E-state index in [-0.39, 0.29) is 12.4 Å². The van der Waals surface area contributed by atoms with Crippen molar-refractivity contribution in [2.75, 3.05) is 12.4 Å². The SMILES string of the molecule is Cc1c(C)c2ccc(OCC(=O)N[C@@H](CSCc3ccccc3)C(=O)[O-])cc2oc1=O. The third-order valence-corrected chi connectivity index (χ3v) is 5.92. The Balaban J connectivity index is 1.55. The molecule has 7 nitrogen and oxygen atoms in total. The summed E-state index contributed by atoms with van der Waals surface area (Å²) in [5.41, 5.74) is 2.35. The van der Waals surface area contributed by atoms with E-state index in [0.717, 1.165) is 16.5 Å². The predicted octanol–water partition coefficient (Wildman–Crippen LogP) is 1.96. The lowest BCUT2D eigenvalue weighted by Crippen LogP contribution is -2.50. The zero-order valence-electron chi connectivity index (χ0n) is 17.2. The summed E-state index contributed by atoms with van der Waals surface area (Å²) in [4.78, 5) is 35.4. The highest BCUT2D eigenvalue weighted by atomic mass is 32.2. The molecule has 0 saturated heterocycles. The molecule has 2 aromatic carbocycles. The van der Waals surface area contributed by atoms with Gasteiger partial charge < -0.3 is 24.4 Å². The maximum absolute atomic E-state index is 12.2. The summed E-state index contributed by atoms with van der Waals surface area (Å²) in [7, 11) is 0. The van der Waals surface area contributed by atoms with Crippen LogP contribution < -0.4 is 20.8 Å². The van der Waals surface area contributed by atoms with Crippen LogP contribution in [0, 0.1) is 13.8 Å². The van der Waals surface area contributed by atoms with Gasteiger partial charge in [-0.2, -0.15) is 11.8 Å². The summed E-state index contributed by atoms with van der Waals surface area (Å²) in [6.07, 6.45) is 0. The van der Waals surface area contributed by atoms with Gasteiger partial charge in [0.2, 0.25) is 0 Å². The van der Waals surface area contributed by atoms with Crippen LogP contribution in [0.4, 0.5) is 0 Å². The number of hydrogen-bond donors (Lipinski definition) is 1. The van der Waals surface area contributed by atoms with E-state index in [2.05, 4.69) is 5.32 Å². The fourth-order valence-electron chi connectivity index (χ4n) is 2.94. The number of thioether (sulfide) groups is 1. The second-order valence-corrected chi connectivity index (χ2v) is 8.06. The molecule has 1 N–H and O–H groups in total. The van der Waals surface area contributed by atoms with Crippen LogP contribution in [0.3, 0.4) is 0 Å². The molecule has 31 heavy (non-hydrogen) atoms. The van der Waals surface area contributed by atoms with Gasteiger partial charge in [-0.05, 0) is 37.1 Å². The third-order valence-electron chi connectivity index (χ3n) is 4.81. The van der Waals surface area contributed by atoms with Gasteiger partial charge in [-0.15, -0.1) is 0 Å². The minimum Gasteiger partial charge on any atom is -0.548 e. The minimum atomic E-state index is -1.35. The van der Waals surface area contributed by atoms with Gasteiger partial charge in [0.25, 0.3) is 5.91 Å². The van der Waals surface area contributed by atoms with Crippen LogP contribution in [0.2, 0.25) is 0 Å². The molecule has 0 aliphatic heterocycles. The van der Waals surface area contributed by atoms with Crippen molar-refractivity contribution in [3.63, 3.8) is 0 Å². The first-order chi connectivity index (χ1) is 14.8. The first-order valence-electron chi connectivity index (χ1n) is 9.64. The maximum atomic E-state index is 12.2. The van der Waals surface area contributed by atoms with Gasteiger partial charge in [0.05, 0.1) is 12.0 Å². The fourth-order valence-corrected chi connectivity index (χ4v) is 3.94. The molecule has 8 heteroatoms. The predicted molar refractivity (Wildman–Crippen MR) is 117 cm³/mol. The van der Waals surface area contributed by atoms with Gasteiger partial charge in [-0.25, -0.2) is 4.79 Å². The number of carbonyl (C=O) groups excluding carboxylic acids is 2. The Kier molecular flexibility index (Phi) is 7.36. The molecule has 1 atom stereocenters. The van der Waals surface area contributed by atoms with E-state index in [4.69, 9.17) is 9.15 Å². The Bertz CT molecular complexity index is 1140. The molecular formula is C23H22NO6S-. The average Bonchev–Trinajstić information content (AvgIpc) is 2.76. The van der Waals surface area contributed by atoms with Gasteiger partial charge >= 0.3 is 5.63 Å². The largest absolute Gasteiger partial charge is 0.548 e. The summed E-state index contributed by atoms with van der Waals surface area (Å²) in [6, 6.07) is 13.4. The van der Waals surface area contributed by atoms with Crippen molar-refractivity contribution >= 4 is 34.6 Å². The van der Waals surface area contributed by atoms with E-state index >= 15 is 0 Å². The van der Waals surface area contributed by atoms with Gasteiger partial charge in [-0.1, -0.05) is 30.3 Å². The molecule has 0 bridgehead atoms. The molecule has 1 heterocycles. The fraction of sp³-hybridized carbons (Fsp3) is 0.261. The Morgan fingerprint density at radius 1 is 1.13 bits per heavy atom. The molecule has 162 valence electrons. The van der Waals surface area contributed by atoms with E-state index < -0.39 is 23.5 Å². The van der Waals surface area contributed by atoms with Crippen molar-refractivity contribution < 1.29 is 23.8 Å². The highest BCUT2D eigenvalue weighted by molar-refractivity contribution is 7.98. The van der Waals surface area contributed by atoms with Crippen molar-refractivity contribution in [2.24, 2.45) is 0 Å². The van der Waals surface area contributed by atoms with E-state index in [9.17, 15) is 19.5 Å². The first kappa shape index (κ1) is 22.4. The summed E-state index contributed by atoms with van der Waals surface area (Å²) < 4.78 is 10.7. The number of hydrogen-bond acceptors (Lipinski definition) is 7. The molecule has 3 aromatic rings. The lowest BCUT2D eigenvalue weighted by molar-refractivity contribution is -0.307. The standard InChI is InChI=1S/C23H23NO6S/c1-14-15(2)23(28)30-20-10-17(8-9-18(14)20)29-11-21(25)24-19(22(26)27)13-31-12-16-6-4-3-5-7-16/h3-10,19H,11-13H2,1-2H3,(H,24,25)(H,26,27)/p-1/t19-/m0/s1. The molecule has 0 aliphatic rings. The van der Waals surface area contributed by atoms with Crippen molar-refractivity contribution in [2.45, 2.75) is 25.6 Å². The van der Waals surface area contributed by atoms with E-state index in [0.29, 0.717) is 22.6 Å². The highest BCUT2D eigenvalue weighted by Crippen LogP contribution is 2.23. The quantitative estimate of drug-likeness (QED) is 0.507. The molecular weight excluding hydrogens is 418 g/mol. The van der Waals surface area contributed by atoms with Crippen LogP contribution >= 0.6 is 11.8 Å². The Morgan fingerprint density at radius 3 is 2.58 bits per heavy atom. The monoisotopic (exact) mass is 440 g/mol. The third kappa shape index (κ3) is 5.88. The lowest BCUT2D eigenvalue weighted by Gasteiger charge is -2.19. The normalized spacial score (nSPS) is 11.8. The molecule has 0 spiro atoms. The molecule has 0 saturated carbocycles. The maximum Gasteiger partial charge on any atom is 0.339 e. The van der Waals surface area contributed by atoms with Crippen LogP contribution in [-0.4, -0.2) is 30.3 Å². The van der Waals surface area contributed by atoms with Crippen LogP contribution in [0.15, 0.2) is 57.7 Å². The van der Waals surface area contributed by atoms with Gasteiger partial charge in [-0.3, -0.25) is 4.79 Å². The number of carboxylic acid groups (broad SMARTS) is 1. The van der Waals surface area contributed by atoms with E-state index in [1.54, 1.807) is 19.1 Å². The molecule has 1 amide bonds. The number of nitrogens with one attached hydrogen (secondary N) is 1. The van der Waals surface area contributed by atoms with Crippen molar-refractivity contribution in [3.05, 3.63) is 75.6 Å². The summed E-state index contributed by atoms with van der Waals surface area (Å²) in [5.74, 6) is -0.818. The second kappa shape index (κ2) is 10.2. The number of aryl methyl sites for hydroxylation is 1. The molecule has 0 unspecified atom stereocenters. The number of ether oxygens (including phenoxy) is 1. The van der Waals surface area contributed by atoms with Crippen LogP contribution in [-0.2, 0) is 15.3 Å². The van der Waals surface area contributed by atoms with Crippen molar-refractivity contribution in [1.29, 1.82) is 0 Å². The van der Waals surface area contributed by atoms with Crippen molar-refractivity contribution in [3.8, 4) is 5.75 Å². The number of amides is 1. The minimum absolute atomic E-state index is 0.169.